The van der Waals surface area contributed by atoms with Crippen LogP contribution in [0.25, 0.3) is 0 Å². The van der Waals surface area contributed by atoms with Crippen LogP contribution in [-0.2, 0) is 9.59 Å². The molecule has 2 atom stereocenters. The summed E-state index contributed by atoms with van der Waals surface area (Å²) in [7, 11) is 0. The second-order valence-electron chi connectivity index (χ2n) is 5.97. The van der Waals surface area contributed by atoms with Gasteiger partial charge in [0.25, 0.3) is 0 Å². The number of amides is 1. The highest BCUT2D eigenvalue weighted by molar-refractivity contribution is 5.79. The highest BCUT2D eigenvalue weighted by Crippen LogP contribution is 2.22. The fourth-order valence-corrected chi connectivity index (χ4v) is 3.05. The summed E-state index contributed by atoms with van der Waals surface area (Å²) in [5, 5.41) is 9.03. The molecule has 1 aliphatic heterocycles. The molecule has 0 aliphatic carbocycles. The van der Waals surface area contributed by atoms with E-state index in [0.29, 0.717) is 26.1 Å². The van der Waals surface area contributed by atoms with Crippen LogP contribution in [0.4, 0.5) is 4.39 Å². The largest absolute Gasteiger partial charge is 0.481 e. The van der Waals surface area contributed by atoms with Gasteiger partial charge >= 0.3 is 5.97 Å². The van der Waals surface area contributed by atoms with Gasteiger partial charge in [-0.3, -0.25) is 14.5 Å². The van der Waals surface area contributed by atoms with E-state index in [1.165, 1.54) is 12.1 Å². The molecule has 23 heavy (non-hydrogen) atoms. The lowest BCUT2D eigenvalue weighted by molar-refractivity contribution is -0.141. The second-order valence-corrected chi connectivity index (χ2v) is 5.97. The number of likely N-dealkylation sites (tertiary alicyclic amines) is 1. The molecule has 1 N–H and O–H groups in total. The van der Waals surface area contributed by atoms with Crippen LogP contribution in [0.15, 0.2) is 24.3 Å². The summed E-state index contributed by atoms with van der Waals surface area (Å²) in [4.78, 5) is 27.2. The molecule has 0 aromatic heterocycles. The molecule has 6 heteroatoms. The van der Waals surface area contributed by atoms with Gasteiger partial charge in [0.1, 0.15) is 5.82 Å². The summed E-state index contributed by atoms with van der Waals surface area (Å²) in [5.74, 6) is -1.51. The monoisotopic (exact) mass is 322 g/mol. The number of carboxylic acids is 1. The molecule has 0 radical (unpaired) electrons. The van der Waals surface area contributed by atoms with E-state index in [-0.39, 0.29) is 30.2 Å². The molecule has 1 aliphatic rings. The Balaban J connectivity index is 1.98. The molecule has 5 nitrogen and oxygen atoms in total. The Labute approximate surface area is 135 Å². The van der Waals surface area contributed by atoms with Crippen molar-refractivity contribution < 1.29 is 19.1 Å². The first-order valence-electron chi connectivity index (χ1n) is 7.92. The molecule has 1 saturated heterocycles. The lowest BCUT2D eigenvalue weighted by Gasteiger charge is -2.30. The number of carbonyl (C=O) groups excluding carboxylic acids is 1. The van der Waals surface area contributed by atoms with E-state index in [9.17, 15) is 14.0 Å². The number of rotatable bonds is 6. The van der Waals surface area contributed by atoms with E-state index in [4.69, 9.17) is 5.11 Å². The first kappa shape index (κ1) is 17.4. The van der Waals surface area contributed by atoms with Crippen molar-refractivity contribution in [2.75, 3.05) is 26.2 Å². The standard InChI is InChI=1S/C17H23FN2O3/c1-3-20(12(2)13-4-6-15(18)7-5-13)16(21)11-19-9-8-14(10-19)17(22)23/h4-7,12,14H,3,8-11H2,1-2H3,(H,22,23). The summed E-state index contributed by atoms with van der Waals surface area (Å²) >= 11 is 0. The molecule has 1 heterocycles. The Morgan fingerprint density at radius 1 is 1.39 bits per heavy atom. The molecule has 0 saturated carbocycles. The van der Waals surface area contributed by atoms with Crippen molar-refractivity contribution in [3.8, 4) is 0 Å². The molecule has 1 fully saturated rings. The molecule has 0 spiro atoms. The van der Waals surface area contributed by atoms with Crippen LogP contribution in [0, 0.1) is 11.7 Å². The first-order chi connectivity index (χ1) is 10.9. The third-order valence-corrected chi connectivity index (χ3v) is 4.46. The highest BCUT2D eigenvalue weighted by Gasteiger charge is 2.30. The zero-order chi connectivity index (χ0) is 17.0. The normalized spacial score (nSPS) is 19.5. The number of carboxylic acid groups (broad SMARTS) is 1. The quantitative estimate of drug-likeness (QED) is 0.872. The van der Waals surface area contributed by atoms with Crippen LogP contribution in [0.5, 0.6) is 0 Å². The number of aliphatic carboxylic acids is 1. The molecular formula is C17H23FN2O3. The summed E-state index contributed by atoms with van der Waals surface area (Å²) in [6.45, 7) is 5.64. The minimum Gasteiger partial charge on any atom is -0.481 e. The van der Waals surface area contributed by atoms with Crippen LogP contribution in [0.1, 0.15) is 31.9 Å². The van der Waals surface area contributed by atoms with Gasteiger partial charge in [-0.2, -0.15) is 0 Å². The number of hydrogen-bond donors (Lipinski definition) is 1. The lowest BCUT2D eigenvalue weighted by atomic mass is 10.1. The fourth-order valence-electron chi connectivity index (χ4n) is 3.05. The van der Waals surface area contributed by atoms with Gasteiger partial charge in [0.2, 0.25) is 5.91 Å². The average Bonchev–Trinajstić information content (AvgIpc) is 2.97. The maximum absolute atomic E-state index is 13.0. The van der Waals surface area contributed by atoms with Crippen LogP contribution >= 0.6 is 0 Å². The molecule has 0 bridgehead atoms. The van der Waals surface area contributed by atoms with E-state index in [1.807, 2.05) is 18.7 Å². The molecule has 2 rings (SSSR count). The Morgan fingerprint density at radius 2 is 2.04 bits per heavy atom. The van der Waals surface area contributed by atoms with E-state index in [0.717, 1.165) is 5.56 Å². The third-order valence-electron chi connectivity index (χ3n) is 4.46. The van der Waals surface area contributed by atoms with Crippen LogP contribution in [0.2, 0.25) is 0 Å². The fraction of sp³-hybridized carbons (Fsp3) is 0.529. The van der Waals surface area contributed by atoms with E-state index in [1.54, 1.807) is 17.0 Å². The summed E-state index contributed by atoms with van der Waals surface area (Å²) < 4.78 is 13.0. The molecule has 1 aromatic carbocycles. The molecule has 1 amide bonds. The number of halogens is 1. The Kier molecular flexibility index (Phi) is 5.71. The molecule has 126 valence electrons. The summed E-state index contributed by atoms with van der Waals surface area (Å²) in [5.41, 5.74) is 0.881. The van der Waals surface area contributed by atoms with Gasteiger partial charge in [0.05, 0.1) is 18.5 Å². The average molecular weight is 322 g/mol. The first-order valence-corrected chi connectivity index (χ1v) is 7.92. The third kappa shape index (κ3) is 4.28. The maximum atomic E-state index is 13.0. The van der Waals surface area contributed by atoms with Crippen molar-refractivity contribution in [3.05, 3.63) is 35.6 Å². The Hall–Kier alpha value is -1.95. The smallest absolute Gasteiger partial charge is 0.307 e. The van der Waals surface area contributed by atoms with Gasteiger partial charge in [-0.15, -0.1) is 0 Å². The van der Waals surface area contributed by atoms with Crippen molar-refractivity contribution in [3.63, 3.8) is 0 Å². The lowest BCUT2D eigenvalue weighted by Crippen LogP contribution is -2.41. The number of hydrogen-bond acceptors (Lipinski definition) is 3. The van der Waals surface area contributed by atoms with Crippen LogP contribution < -0.4 is 0 Å². The number of benzene rings is 1. The van der Waals surface area contributed by atoms with Crippen molar-refractivity contribution in [1.29, 1.82) is 0 Å². The van der Waals surface area contributed by atoms with Crippen LogP contribution in [-0.4, -0.2) is 53.0 Å². The van der Waals surface area contributed by atoms with Gasteiger partial charge < -0.3 is 10.0 Å². The van der Waals surface area contributed by atoms with Gasteiger partial charge in [-0.1, -0.05) is 12.1 Å². The van der Waals surface area contributed by atoms with Gasteiger partial charge in [0, 0.05) is 13.1 Å². The van der Waals surface area contributed by atoms with E-state index < -0.39 is 5.97 Å². The number of nitrogens with zero attached hydrogens (tertiary/aromatic N) is 2. The summed E-state index contributed by atoms with van der Waals surface area (Å²) in [6, 6.07) is 6.01. The number of likely N-dealkylation sites (N-methyl/N-ethyl adjacent to an activating group) is 1. The van der Waals surface area contributed by atoms with Crippen molar-refractivity contribution in [2.24, 2.45) is 5.92 Å². The maximum Gasteiger partial charge on any atom is 0.307 e. The summed E-state index contributed by atoms with van der Waals surface area (Å²) in [6.07, 6.45) is 0.586. The van der Waals surface area contributed by atoms with Gasteiger partial charge in [-0.25, -0.2) is 4.39 Å². The second kappa shape index (κ2) is 7.55. The molecule has 2 unspecified atom stereocenters. The van der Waals surface area contributed by atoms with Crippen molar-refractivity contribution in [1.82, 2.24) is 9.80 Å². The van der Waals surface area contributed by atoms with Crippen molar-refractivity contribution >= 4 is 11.9 Å². The minimum absolute atomic E-state index is 0.0321. The van der Waals surface area contributed by atoms with Gasteiger partial charge in [0.15, 0.2) is 0 Å². The Morgan fingerprint density at radius 3 is 2.57 bits per heavy atom. The minimum atomic E-state index is -0.799. The van der Waals surface area contributed by atoms with E-state index >= 15 is 0 Å². The topological polar surface area (TPSA) is 60.9 Å². The number of carbonyl (C=O) groups is 2. The van der Waals surface area contributed by atoms with Crippen molar-refractivity contribution in [2.45, 2.75) is 26.3 Å². The zero-order valence-electron chi connectivity index (χ0n) is 13.5. The molecule has 1 aromatic rings. The van der Waals surface area contributed by atoms with Crippen LogP contribution in [0.3, 0.4) is 0 Å². The highest BCUT2D eigenvalue weighted by atomic mass is 19.1. The predicted octanol–water partition coefficient (Wildman–Crippen LogP) is 2.14. The Bertz CT molecular complexity index is 561. The SMILES string of the molecule is CCN(C(=O)CN1CCC(C(=O)O)C1)C(C)c1ccc(F)cc1. The zero-order valence-corrected chi connectivity index (χ0v) is 13.5. The van der Waals surface area contributed by atoms with E-state index in [2.05, 4.69) is 0 Å². The predicted molar refractivity (Wildman–Crippen MR) is 84.4 cm³/mol. The molecular weight excluding hydrogens is 299 g/mol. The van der Waals surface area contributed by atoms with Gasteiger partial charge in [-0.05, 0) is 44.5 Å².